The Morgan fingerprint density at radius 1 is 0.636 bits per heavy atom. The highest BCUT2D eigenvalue weighted by Crippen LogP contribution is 2.19. The summed E-state index contributed by atoms with van der Waals surface area (Å²) in [5.74, 6) is 0. The molecule has 0 spiro atoms. The average Bonchev–Trinajstić information content (AvgIpc) is 2.55. The Morgan fingerprint density at radius 2 is 1.23 bits per heavy atom. The van der Waals surface area contributed by atoms with E-state index < -0.39 is 10.5 Å². The third-order valence-electron chi connectivity index (χ3n) is 3.00. The molecule has 0 N–H and O–H groups in total. The molecule has 2 nitrogen and oxygen atoms in total. The molecule has 22 heavy (non-hydrogen) atoms. The molecule has 0 aliphatic rings. The van der Waals surface area contributed by atoms with Crippen molar-refractivity contribution in [2.75, 3.05) is 0 Å². The number of benzene rings is 3. The van der Waals surface area contributed by atoms with Gasteiger partial charge in [0.15, 0.2) is 0 Å². The number of rotatable bonds is 2. The van der Waals surface area contributed by atoms with Crippen LogP contribution in [0.2, 0.25) is 0 Å². The number of carbonyl (C=O) groups is 2. The van der Waals surface area contributed by atoms with E-state index in [0.717, 1.165) is 10.8 Å². The Kier molecular flexibility index (Phi) is 5.70. The van der Waals surface area contributed by atoms with Gasteiger partial charge in [0, 0.05) is 11.1 Å². The highest BCUT2D eigenvalue weighted by molar-refractivity contribution is 6.68. The first-order valence-electron chi connectivity index (χ1n) is 6.52. The minimum Gasteiger partial charge on any atom is -0.276 e. The minimum absolute atomic E-state index is 0.406. The van der Waals surface area contributed by atoms with Gasteiger partial charge in [0.1, 0.15) is 0 Å². The molecule has 0 bridgehead atoms. The summed E-state index contributed by atoms with van der Waals surface area (Å²) in [5, 5.41) is 1.13. The van der Waals surface area contributed by atoms with Gasteiger partial charge < -0.3 is 0 Å². The van der Waals surface area contributed by atoms with Crippen LogP contribution in [0.4, 0.5) is 0 Å². The second kappa shape index (κ2) is 7.74. The first kappa shape index (κ1) is 16.2. The lowest BCUT2D eigenvalue weighted by Crippen LogP contribution is -1.89. The Balaban J connectivity index is 0.000000172. The lowest BCUT2D eigenvalue weighted by molar-refractivity contribution is 0.107. The van der Waals surface area contributed by atoms with E-state index in [1.807, 2.05) is 42.5 Å². The van der Waals surface area contributed by atoms with Crippen LogP contribution in [0, 0.1) is 0 Å². The standard InChI is InChI=1S/C11H7ClO.C7H5ClO/c12-11(13)10-7-3-5-8-4-1-2-6-9(8)10;8-7(9)6-4-2-1-3-5-6/h1-7H;1-5H. The number of carbonyl (C=O) groups excluding carboxylic acids is 2. The summed E-state index contributed by atoms with van der Waals surface area (Å²) in [5.41, 5.74) is 1.11. The van der Waals surface area contributed by atoms with E-state index in [9.17, 15) is 9.59 Å². The van der Waals surface area contributed by atoms with Crippen LogP contribution in [-0.2, 0) is 0 Å². The van der Waals surface area contributed by atoms with Gasteiger partial charge in [-0.2, -0.15) is 0 Å². The predicted molar refractivity (Wildman–Crippen MR) is 90.8 cm³/mol. The van der Waals surface area contributed by atoms with E-state index in [0.29, 0.717) is 11.1 Å². The molecular formula is C18H12Cl2O2. The highest BCUT2D eigenvalue weighted by Gasteiger charge is 2.05. The van der Waals surface area contributed by atoms with Gasteiger partial charge >= 0.3 is 0 Å². The van der Waals surface area contributed by atoms with Crippen LogP contribution in [0.25, 0.3) is 10.8 Å². The van der Waals surface area contributed by atoms with Crippen LogP contribution >= 0.6 is 23.2 Å². The highest BCUT2D eigenvalue weighted by atomic mass is 35.5. The zero-order valence-electron chi connectivity index (χ0n) is 11.5. The molecule has 0 radical (unpaired) electrons. The van der Waals surface area contributed by atoms with Gasteiger partial charge in [-0.15, -0.1) is 0 Å². The number of fused-ring (bicyclic) bond motifs is 1. The molecule has 0 unspecified atom stereocenters. The Hall–Kier alpha value is -2.16. The van der Waals surface area contributed by atoms with Gasteiger partial charge in [0.2, 0.25) is 0 Å². The summed E-state index contributed by atoms with van der Waals surface area (Å²) in [6, 6.07) is 21.9. The summed E-state index contributed by atoms with van der Waals surface area (Å²) in [6.07, 6.45) is 0. The van der Waals surface area contributed by atoms with E-state index in [-0.39, 0.29) is 0 Å². The van der Waals surface area contributed by atoms with E-state index in [4.69, 9.17) is 23.2 Å². The lowest BCUT2D eigenvalue weighted by Gasteiger charge is -2.00. The third kappa shape index (κ3) is 4.17. The van der Waals surface area contributed by atoms with Crippen molar-refractivity contribution in [3.8, 4) is 0 Å². The average molecular weight is 331 g/mol. The Labute approximate surface area is 138 Å². The van der Waals surface area contributed by atoms with Crippen molar-refractivity contribution in [2.45, 2.75) is 0 Å². The predicted octanol–water partition coefficient (Wildman–Crippen LogP) is 5.28. The molecule has 0 atom stereocenters. The van der Waals surface area contributed by atoms with Crippen molar-refractivity contribution in [3.05, 3.63) is 83.9 Å². The molecular weight excluding hydrogens is 319 g/mol. The third-order valence-corrected chi connectivity index (χ3v) is 3.42. The van der Waals surface area contributed by atoms with Crippen LogP contribution < -0.4 is 0 Å². The zero-order chi connectivity index (χ0) is 15.9. The van der Waals surface area contributed by atoms with Crippen LogP contribution in [-0.4, -0.2) is 10.5 Å². The molecule has 3 aromatic rings. The van der Waals surface area contributed by atoms with Crippen molar-refractivity contribution in [1.82, 2.24) is 0 Å². The molecule has 3 aromatic carbocycles. The van der Waals surface area contributed by atoms with E-state index >= 15 is 0 Å². The van der Waals surface area contributed by atoms with Crippen LogP contribution in [0.1, 0.15) is 20.7 Å². The summed E-state index contributed by atoms with van der Waals surface area (Å²) in [7, 11) is 0. The molecule has 0 aromatic heterocycles. The molecule has 0 amide bonds. The Bertz CT molecular complexity index is 793. The van der Waals surface area contributed by atoms with Gasteiger partial charge in [-0.3, -0.25) is 9.59 Å². The molecule has 0 fully saturated rings. The SMILES string of the molecule is O=C(Cl)c1cccc2ccccc12.O=C(Cl)c1ccccc1. The van der Waals surface area contributed by atoms with E-state index in [1.54, 1.807) is 30.3 Å². The van der Waals surface area contributed by atoms with Crippen molar-refractivity contribution < 1.29 is 9.59 Å². The number of hydrogen-bond acceptors (Lipinski definition) is 2. The lowest BCUT2D eigenvalue weighted by atomic mass is 10.1. The monoisotopic (exact) mass is 330 g/mol. The fraction of sp³-hybridized carbons (Fsp3) is 0. The maximum atomic E-state index is 11.0. The normalized spacial score (nSPS) is 9.73. The van der Waals surface area contributed by atoms with Gasteiger partial charge in [0.05, 0.1) is 0 Å². The molecule has 0 aliphatic carbocycles. The number of hydrogen-bond donors (Lipinski definition) is 0. The van der Waals surface area contributed by atoms with Crippen LogP contribution in [0.5, 0.6) is 0 Å². The molecule has 0 saturated heterocycles. The second-order valence-electron chi connectivity index (χ2n) is 4.44. The van der Waals surface area contributed by atoms with Crippen LogP contribution in [0.15, 0.2) is 72.8 Å². The summed E-state index contributed by atoms with van der Waals surface area (Å²) >= 11 is 10.6. The van der Waals surface area contributed by atoms with Crippen molar-refractivity contribution in [3.63, 3.8) is 0 Å². The molecule has 3 rings (SSSR count). The van der Waals surface area contributed by atoms with Gasteiger partial charge in [-0.1, -0.05) is 66.7 Å². The summed E-state index contributed by atoms with van der Waals surface area (Å²) < 4.78 is 0. The maximum absolute atomic E-state index is 11.0. The van der Waals surface area contributed by atoms with E-state index in [2.05, 4.69) is 0 Å². The molecule has 4 heteroatoms. The first-order valence-corrected chi connectivity index (χ1v) is 7.27. The molecule has 0 aliphatic heterocycles. The quantitative estimate of drug-likeness (QED) is 0.598. The topological polar surface area (TPSA) is 34.1 Å². The largest absolute Gasteiger partial charge is 0.276 e. The van der Waals surface area contributed by atoms with Crippen molar-refractivity contribution >= 4 is 44.5 Å². The van der Waals surface area contributed by atoms with Gasteiger partial charge in [-0.25, -0.2) is 0 Å². The summed E-state index contributed by atoms with van der Waals surface area (Å²) in [6.45, 7) is 0. The van der Waals surface area contributed by atoms with Crippen molar-refractivity contribution in [1.29, 1.82) is 0 Å². The Morgan fingerprint density at radius 3 is 1.82 bits per heavy atom. The fourth-order valence-corrected chi connectivity index (χ4v) is 2.26. The van der Waals surface area contributed by atoms with E-state index in [1.165, 1.54) is 0 Å². The van der Waals surface area contributed by atoms with Crippen LogP contribution in [0.3, 0.4) is 0 Å². The second-order valence-corrected chi connectivity index (χ2v) is 5.13. The maximum Gasteiger partial charge on any atom is 0.253 e. The zero-order valence-corrected chi connectivity index (χ0v) is 13.0. The van der Waals surface area contributed by atoms with Gasteiger partial charge in [-0.05, 0) is 40.0 Å². The first-order chi connectivity index (χ1) is 10.6. The van der Waals surface area contributed by atoms with Gasteiger partial charge in [0.25, 0.3) is 10.5 Å². The minimum atomic E-state index is -0.407. The molecule has 0 heterocycles. The smallest absolute Gasteiger partial charge is 0.253 e. The number of halogens is 2. The molecule has 110 valence electrons. The molecule has 0 saturated carbocycles. The fourth-order valence-electron chi connectivity index (χ4n) is 1.97. The summed E-state index contributed by atoms with van der Waals surface area (Å²) in [4.78, 5) is 21.4. The van der Waals surface area contributed by atoms with Crippen molar-refractivity contribution in [2.24, 2.45) is 0 Å².